The van der Waals surface area contributed by atoms with E-state index in [2.05, 4.69) is 33.5 Å². The molecule has 0 saturated carbocycles. The molecule has 0 radical (unpaired) electrons. The number of fused-ring (bicyclic) bond motifs is 2. The topological polar surface area (TPSA) is 528 Å². The van der Waals surface area contributed by atoms with Crippen molar-refractivity contribution < 1.29 is 108 Å². The molecular weight excluding hydrogens is 1150 g/mol. The predicted molar refractivity (Wildman–Crippen MR) is 258 cm³/mol. The molecule has 3 aliphatic heterocycles. The summed E-state index contributed by atoms with van der Waals surface area (Å²) in [4.78, 5) is 114. The first kappa shape index (κ1) is 60.0. The van der Waals surface area contributed by atoms with Crippen LogP contribution < -0.4 is 32.8 Å². The second-order valence-corrected chi connectivity index (χ2v) is 24.1. The van der Waals surface area contributed by atoms with Gasteiger partial charge in [-0.05, 0) is 6.42 Å². The number of H-pyrrole nitrogens is 2. The van der Waals surface area contributed by atoms with E-state index in [1.165, 1.54) is 46.1 Å². The molecule has 0 spiro atoms. The van der Waals surface area contributed by atoms with E-state index in [4.69, 9.17) is 48.5 Å². The van der Waals surface area contributed by atoms with Crippen LogP contribution in [-0.4, -0.2) is 179 Å². The molecule has 0 aromatic carbocycles. The summed E-state index contributed by atoms with van der Waals surface area (Å²) in [6, 6.07) is 0.926. The molecule has 13 N–H and O–H groups in total. The van der Waals surface area contributed by atoms with Crippen molar-refractivity contribution in [3.05, 3.63) is 62.4 Å². The van der Waals surface area contributed by atoms with Crippen molar-refractivity contribution in [1.29, 1.82) is 0 Å². The first-order chi connectivity index (χ1) is 37.0. The maximum atomic E-state index is 13.8. The Morgan fingerprint density at radius 3 is 2.11 bits per heavy atom. The largest absolute Gasteiger partial charge is 0.490 e. The van der Waals surface area contributed by atoms with Crippen LogP contribution in [0.3, 0.4) is 0 Å². The molecule has 8 rings (SSSR count). The van der Waals surface area contributed by atoms with E-state index in [1.807, 2.05) is 4.98 Å². The number of hydrogen-bond acceptors (Lipinski definition) is 27. The number of anilines is 2. The Bertz CT molecular complexity index is 3450. The third-order valence-electron chi connectivity index (χ3n) is 12.3. The number of aromatic amines is 2. The number of amides is 1. The quantitative estimate of drug-likeness (QED) is 0.0225. The summed E-state index contributed by atoms with van der Waals surface area (Å²) in [5.41, 5.74) is 9.23. The van der Waals surface area contributed by atoms with Gasteiger partial charge in [0.15, 0.2) is 30.2 Å². The van der Waals surface area contributed by atoms with Crippen LogP contribution in [0.1, 0.15) is 38.4 Å². The highest BCUT2D eigenvalue weighted by molar-refractivity contribution is 7.66. The van der Waals surface area contributed by atoms with Crippen molar-refractivity contribution in [2.45, 2.75) is 87.3 Å². The summed E-state index contributed by atoms with van der Waals surface area (Å²) in [5.74, 6) is -2.19. The lowest BCUT2D eigenvalue weighted by atomic mass is 9.94. The third-order valence-corrected chi connectivity index (χ3v) is 17.5. The van der Waals surface area contributed by atoms with E-state index in [0.717, 1.165) is 29.5 Å². The molecule has 8 heterocycles. The van der Waals surface area contributed by atoms with Gasteiger partial charge in [-0.1, -0.05) is 11.9 Å². The van der Waals surface area contributed by atoms with Crippen LogP contribution in [-0.2, 0) is 75.8 Å². The number of nitrogens with two attached hydrogens (primary N) is 2. The average molecular weight is 1200 g/mol. The zero-order valence-electron chi connectivity index (χ0n) is 41.5. The summed E-state index contributed by atoms with van der Waals surface area (Å²) in [5, 5.41) is 32.9. The molecule has 0 aliphatic carbocycles. The number of aliphatic hydroxyl groups is 3. The van der Waals surface area contributed by atoms with Crippen molar-refractivity contribution >= 4 is 71.3 Å². The Morgan fingerprint density at radius 2 is 1.46 bits per heavy atom. The number of nitrogens with one attached hydrogen (secondary N) is 2. The van der Waals surface area contributed by atoms with Gasteiger partial charge in [-0.15, -0.1) is 0 Å². The number of nitrogen functional groups attached to an aromatic ring is 2. The number of carbonyl (C=O) groups excluding carboxylic acids is 1. The normalized spacial score (nSPS) is 29.4. The molecule has 5 unspecified atom stereocenters. The van der Waals surface area contributed by atoms with Crippen molar-refractivity contribution in [3.8, 4) is 0 Å². The second-order valence-electron chi connectivity index (χ2n) is 18.0. The van der Waals surface area contributed by atoms with Gasteiger partial charge >= 0.3 is 42.6 Å². The average Bonchev–Trinajstić information content (AvgIpc) is 4.29. The molecule has 16 atom stereocenters. The number of rotatable bonds is 23. The molecule has 42 heteroatoms. The van der Waals surface area contributed by atoms with Gasteiger partial charge in [0.1, 0.15) is 54.6 Å². The molecule has 3 fully saturated rings. The first-order valence-electron chi connectivity index (χ1n) is 23.2. The lowest BCUT2D eigenvalue weighted by molar-refractivity contribution is -0.745. The van der Waals surface area contributed by atoms with Crippen LogP contribution in [0.2, 0.25) is 0 Å². The van der Waals surface area contributed by atoms with Crippen molar-refractivity contribution in [2.75, 3.05) is 52.0 Å². The Morgan fingerprint density at radius 1 is 0.810 bits per heavy atom. The summed E-state index contributed by atoms with van der Waals surface area (Å²) in [6.45, 7) is -1.78. The lowest BCUT2D eigenvalue weighted by Crippen LogP contribution is -2.45. The molecule has 0 bridgehead atoms. The van der Waals surface area contributed by atoms with Crippen LogP contribution in [0, 0.1) is 5.92 Å². The van der Waals surface area contributed by atoms with Gasteiger partial charge in [0.25, 0.3) is 17.1 Å². The molecule has 436 valence electrons. The molecule has 79 heavy (non-hydrogen) atoms. The van der Waals surface area contributed by atoms with Crippen LogP contribution >= 0.6 is 31.3 Å². The molecular formula is C37H54N13O25P4+. The van der Waals surface area contributed by atoms with E-state index in [1.54, 1.807) is 6.92 Å². The predicted octanol–water partition coefficient (Wildman–Crippen LogP) is -3.36. The Labute approximate surface area is 441 Å². The molecule has 3 aliphatic rings. The minimum atomic E-state index is -6.24. The first-order valence-corrected chi connectivity index (χ1v) is 29.2. The highest BCUT2D eigenvalue weighted by Crippen LogP contribution is 2.68. The smallest absolute Gasteiger partial charge is 0.387 e. The summed E-state index contributed by atoms with van der Waals surface area (Å²) >= 11 is 0. The Kier molecular flexibility index (Phi) is 17.8. The minimum absolute atomic E-state index is 0.00948. The van der Waals surface area contributed by atoms with Crippen molar-refractivity contribution in [3.63, 3.8) is 0 Å². The maximum Gasteiger partial charge on any atom is 0.490 e. The van der Waals surface area contributed by atoms with E-state index >= 15 is 0 Å². The van der Waals surface area contributed by atoms with Gasteiger partial charge in [-0.3, -0.25) is 56.1 Å². The fraction of sp³-hybridized carbons (Fsp3) is 0.595. The fourth-order valence-corrected chi connectivity index (χ4v) is 13.2. The number of carbonyl (C=O) groups is 1. The summed E-state index contributed by atoms with van der Waals surface area (Å²) < 4.78 is 111. The number of aryl methyl sites for hydroxylation is 1. The van der Waals surface area contributed by atoms with Gasteiger partial charge in [-0.25, -0.2) is 42.6 Å². The lowest BCUT2D eigenvalue weighted by Gasteiger charge is -2.27. The Balaban J connectivity index is 0.969. The summed E-state index contributed by atoms with van der Waals surface area (Å²) in [6.07, 6.45) is -14.0. The van der Waals surface area contributed by atoms with Crippen molar-refractivity contribution in [2.24, 2.45) is 13.0 Å². The highest BCUT2D eigenvalue weighted by atomic mass is 31.3. The van der Waals surface area contributed by atoms with Gasteiger partial charge in [0.05, 0.1) is 39.3 Å². The molecule has 5 aromatic rings. The van der Waals surface area contributed by atoms with Crippen LogP contribution in [0.5, 0.6) is 0 Å². The zero-order valence-corrected chi connectivity index (χ0v) is 45.1. The van der Waals surface area contributed by atoms with E-state index < -0.39 is 154 Å². The van der Waals surface area contributed by atoms with Gasteiger partial charge in [0, 0.05) is 45.3 Å². The van der Waals surface area contributed by atoms with Crippen molar-refractivity contribution in [1.82, 2.24) is 48.5 Å². The fourth-order valence-electron chi connectivity index (χ4n) is 8.69. The summed E-state index contributed by atoms with van der Waals surface area (Å²) in [7, 11) is -19.3. The number of aliphatic hydroxyl groups excluding tert-OH is 3. The maximum absolute atomic E-state index is 13.8. The second kappa shape index (κ2) is 23.4. The molecule has 5 aromatic heterocycles. The Hall–Kier alpha value is -5.11. The highest BCUT2D eigenvalue weighted by Gasteiger charge is 2.54. The van der Waals surface area contributed by atoms with Gasteiger partial charge < -0.3 is 70.2 Å². The van der Waals surface area contributed by atoms with E-state index in [-0.39, 0.29) is 40.7 Å². The van der Waals surface area contributed by atoms with Crippen LogP contribution in [0.4, 0.5) is 11.8 Å². The van der Waals surface area contributed by atoms with Crippen LogP contribution in [0.15, 0.2) is 45.6 Å². The number of phosphoric ester groups is 3. The standard InChI is InChI=1S/C37H53N13O25P4/c1-5-8-66-28-27(73-76(58,59)67-11-18-25(54)26(55)34(71-18)48-7-6-20(51)43-37(48)57)19(72-35(28)49-14-42-22-29(38)40-13-41-30(22)49)12-69-78(62,63)75-79(64,65)74-77(60,61)68-10-17-16(9-21(52)46(2)3)24(53)33(70-17)50-15-47(4)23-31(50)44-36(39)45-32(23)56/h6-7,13-19,24-28,33-35,53-55H,5,8-12H2,1-4H3,(H9-,38,39,40,41,43,44,45,51,56,57,58,59,60,61,62,63,64,65)/p+1/t16-,17-,18-,19-,24-,25-,26-,27-,28-,33?,34-,35-/m1/s1. The molecule has 1 amide bonds. The minimum Gasteiger partial charge on any atom is -0.387 e. The number of imidazole rings is 2. The molecule has 3 saturated heterocycles. The third kappa shape index (κ3) is 13.3. The number of nitrogens with zero attached hydrogens (tertiary/aromatic N) is 9. The number of hydrogen-bond donors (Lipinski definition) is 11. The van der Waals surface area contributed by atoms with E-state index in [9.17, 15) is 72.3 Å². The van der Waals surface area contributed by atoms with Gasteiger partial charge in [0.2, 0.25) is 17.7 Å². The monoisotopic (exact) mass is 1200 g/mol. The number of ether oxygens (including phenoxy) is 4. The van der Waals surface area contributed by atoms with Crippen LogP contribution in [0.25, 0.3) is 22.3 Å². The zero-order chi connectivity index (χ0) is 57.7. The SMILES string of the molecule is CCCO[C@@H]1[C@H](OP(=O)(O)OC[C@H]2O[C@@H](n3ccc(=O)[nH]c3=O)[C@H](O)[C@@H]2O)[C@@H](COP(=O)(O)OP(=O)(O)OP(=O)(O)OC[C@H]2OC([n+]3cn(C)c4c(=O)[nH]c(N)nc43)[C@H](O)[C@@H]2CC(=O)N(C)C)O[C@H]1n1cnc2c(N)ncnc21. The van der Waals surface area contributed by atoms with E-state index in [0.29, 0.717) is 6.42 Å². The number of aromatic nitrogens is 10. The molecule has 38 nitrogen and oxygen atoms in total. The number of phosphoric acid groups is 4. The van der Waals surface area contributed by atoms with Gasteiger partial charge in [-0.2, -0.15) is 8.62 Å².